The molecule has 0 N–H and O–H groups in total. The summed E-state index contributed by atoms with van der Waals surface area (Å²) in [5.41, 5.74) is 2.64. The van der Waals surface area contributed by atoms with Crippen LogP contribution >= 0.6 is 27.5 Å². The Kier molecular flexibility index (Phi) is 4.54. The summed E-state index contributed by atoms with van der Waals surface area (Å²) >= 11 is 9.52. The number of benzene rings is 2. The van der Waals surface area contributed by atoms with Crippen molar-refractivity contribution in [1.29, 1.82) is 0 Å². The third-order valence-corrected chi connectivity index (χ3v) is 5.37. The Balaban J connectivity index is 1.56. The van der Waals surface area contributed by atoms with Gasteiger partial charge in [0.15, 0.2) is 0 Å². The molecule has 2 heterocycles. The first kappa shape index (κ1) is 17.2. The van der Waals surface area contributed by atoms with Gasteiger partial charge in [-0.15, -0.1) is 0 Å². The van der Waals surface area contributed by atoms with Crippen molar-refractivity contribution < 1.29 is 9.32 Å². The van der Waals surface area contributed by atoms with E-state index in [1.54, 1.807) is 4.90 Å². The van der Waals surface area contributed by atoms with E-state index in [-0.39, 0.29) is 11.8 Å². The van der Waals surface area contributed by atoms with E-state index in [1.165, 1.54) is 0 Å². The smallest absolute Gasteiger partial charge is 0.232 e. The molecule has 3 aromatic rings. The Morgan fingerprint density at radius 1 is 1.27 bits per heavy atom. The molecule has 0 bridgehead atoms. The summed E-state index contributed by atoms with van der Waals surface area (Å²) in [6.07, 6.45) is 0.349. The van der Waals surface area contributed by atoms with Gasteiger partial charge in [0.1, 0.15) is 0 Å². The highest BCUT2D eigenvalue weighted by atomic mass is 79.9. The predicted octanol–water partition coefficient (Wildman–Crippen LogP) is 4.98. The first-order chi connectivity index (χ1) is 12.5. The average Bonchev–Trinajstić information content (AvgIpc) is 3.24. The Bertz CT molecular complexity index is 988. The minimum Gasteiger partial charge on any atom is -0.339 e. The van der Waals surface area contributed by atoms with Gasteiger partial charge in [-0.1, -0.05) is 44.8 Å². The fraction of sp³-hybridized carbons (Fsp3) is 0.211. The molecule has 1 aliphatic rings. The molecule has 26 heavy (non-hydrogen) atoms. The highest BCUT2D eigenvalue weighted by Gasteiger charge is 2.35. The molecule has 0 spiro atoms. The van der Waals surface area contributed by atoms with Crippen molar-refractivity contribution >= 4 is 39.1 Å². The van der Waals surface area contributed by atoms with E-state index < -0.39 is 0 Å². The van der Waals surface area contributed by atoms with Crippen LogP contribution in [0.25, 0.3) is 11.4 Å². The number of aryl methyl sites for hydroxylation is 1. The molecule has 132 valence electrons. The normalized spacial score (nSPS) is 17.1. The SMILES string of the molecule is Cc1cc(N2CC(c3nc(-c4cccc(Br)c4)no3)CC2=O)ccc1Cl. The van der Waals surface area contributed by atoms with Crippen molar-refractivity contribution in [2.75, 3.05) is 11.4 Å². The van der Waals surface area contributed by atoms with Gasteiger partial charge < -0.3 is 9.42 Å². The summed E-state index contributed by atoms with van der Waals surface area (Å²) in [7, 11) is 0. The predicted molar refractivity (Wildman–Crippen MR) is 103 cm³/mol. The molecular formula is C19H15BrClN3O2. The molecule has 4 rings (SSSR count). The molecule has 0 radical (unpaired) electrons. The average molecular weight is 433 g/mol. The third kappa shape index (κ3) is 3.27. The molecular weight excluding hydrogens is 418 g/mol. The maximum atomic E-state index is 12.5. The second-order valence-corrected chi connectivity index (χ2v) is 7.63. The van der Waals surface area contributed by atoms with Crippen LogP contribution in [-0.2, 0) is 4.79 Å². The van der Waals surface area contributed by atoms with Gasteiger partial charge in [-0.2, -0.15) is 4.98 Å². The number of halogens is 2. The van der Waals surface area contributed by atoms with E-state index in [2.05, 4.69) is 26.1 Å². The zero-order chi connectivity index (χ0) is 18.3. The molecule has 0 saturated carbocycles. The zero-order valence-electron chi connectivity index (χ0n) is 13.9. The first-order valence-corrected chi connectivity index (χ1v) is 9.34. The lowest BCUT2D eigenvalue weighted by Crippen LogP contribution is -2.24. The van der Waals surface area contributed by atoms with Gasteiger partial charge in [-0.25, -0.2) is 0 Å². The second kappa shape index (κ2) is 6.85. The Morgan fingerprint density at radius 3 is 2.88 bits per heavy atom. The van der Waals surface area contributed by atoms with Gasteiger partial charge in [0, 0.05) is 33.7 Å². The van der Waals surface area contributed by atoms with E-state index in [9.17, 15) is 4.79 Å². The van der Waals surface area contributed by atoms with Crippen LogP contribution in [0.2, 0.25) is 5.02 Å². The molecule has 1 fully saturated rings. The van der Waals surface area contributed by atoms with Gasteiger partial charge >= 0.3 is 0 Å². The van der Waals surface area contributed by atoms with Gasteiger partial charge in [0.25, 0.3) is 0 Å². The molecule has 7 heteroatoms. The van der Waals surface area contributed by atoms with E-state index in [4.69, 9.17) is 16.1 Å². The second-order valence-electron chi connectivity index (χ2n) is 6.31. The van der Waals surface area contributed by atoms with Crippen molar-refractivity contribution in [2.45, 2.75) is 19.3 Å². The first-order valence-electron chi connectivity index (χ1n) is 8.17. The molecule has 1 amide bonds. The number of aromatic nitrogens is 2. The van der Waals surface area contributed by atoms with Gasteiger partial charge in [-0.3, -0.25) is 4.79 Å². The zero-order valence-corrected chi connectivity index (χ0v) is 16.3. The molecule has 1 saturated heterocycles. The van der Waals surface area contributed by atoms with Crippen molar-refractivity contribution in [2.24, 2.45) is 0 Å². The monoisotopic (exact) mass is 431 g/mol. The number of nitrogens with zero attached hydrogens (tertiary/aromatic N) is 3. The minimum atomic E-state index is -0.119. The van der Waals surface area contributed by atoms with E-state index >= 15 is 0 Å². The summed E-state index contributed by atoms with van der Waals surface area (Å²) in [5, 5.41) is 4.75. The lowest BCUT2D eigenvalue weighted by Gasteiger charge is -2.17. The highest BCUT2D eigenvalue weighted by molar-refractivity contribution is 9.10. The minimum absolute atomic E-state index is 0.0407. The number of amides is 1. The van der Waals surface area contributed by atoms with Crippen LogP contribution in [0.5, 0.6) is 0 Å². The van der Waals surface area contributed by atoms with Gasteiger partial charge in [0.2, 0.25) is 17.6 Å². The van der Waals surface area contributed by atoms with Crippen molar-refractivity contribution in [3.8, 4) is 11.4 Å². The van der Waals surface area contributed by atoms with Crippen LogP contribution in [0.4, 0.5) is 5.69 Å². The van der Waals surface area contributed by atoms with Crippen LogP contribution in [0.1, 0.15) is 23.8 Å². The Hall–Kier alpha value is -2.18. The van der Waals surface area contributed by atoms with Crippen LogP contribution in [0.3, 0.4) is 0 Å². The quantitative estimate of drug-likeness (QED) is 0.585. The van der Waals surface area contributed by atoms with Crippen molar-refractivity contribution in [1.82, 2.24) is 10.1 Å². The van der Waals surface area contributed by atoms with E-state index in [0.717, 1.165) is 21.3 Å². The van der Waals surface area contributed by atoms with Crippen LogP contribution in [-0.4, -0.2) is 22.6 Å². The molecule has 1 aromatic heterocycles. The molecule has 1 atom stereocenters. The number of carbonyl (C=O) groups is 1. The fourth-order valence-electron chi connectivity index (χ4n) is 3.07. The summed E-state index contributed by atoms with van der Waals surface area (Å²) in [4.78, 5) is 18.7. The van der Waals surface area contributed by atoms with Crippen molar-refractivity contribution in [3.63, 3.8) is 0 Å². The summed E-state index contributed by atoms with van der Waals surface area (Å²) < 4.78 is 6.39. The largest absolute Gasteiger partial charge is 0.339 e. The number of hydrogen-bond acceptors (Lipinski definition) is 4. The molecule has 1 aliphatic heterocycles. The molecule has 5 nitrogen and oxygen atoms in total. The standard InChI is InChI=1S/C19H15BrClN3O2/c1-11-7-15(5-6-16(11)21)24-10-13(9-17(24)25)19-22-18(23-26-19)12-3-2-4-14(20)8-12/h2-8,13H,9-10H2,1H3. The number of anilines is 1. The van der Waals surface area contributed by atoms with E-state index in [0.29, 0.717) is 29.7 Å². The van der Waals surface area contributed by atoms with Crippen LogP contribution in [0, 0.1) is 6.92 Å². The van der Waals surface area contributed by atoms with Crippen molar-refractivity contribution in [3.05, 3.63) is 63.4 Å². The van der Waals surface area contributed by atoms with Gasteiger partial charge in [-0.05, 0) is 42.8 Å². The summed E-state index contributed by atoms with van der Waals surface area (Å²) in [6.45, 7) is 2.44. The van der Waals surface area contributed by atoms with E-state index in [1.807, 2.05) is 49.4 Å². The lowest BCUT2D eigenvalue weighted by atomic mass is 10.1. The van der Waals surface area contributed by atoms with Crippen LogP contribution in [0.15, 0.2) is 51.5 Å². The maximum Gasteiger partial charge on any atom is 0.232 e. The summed E-state index contributed by atoms with van der Waals surface area (Å²) in [6, 6.07) is 13.3. The lowest BCUT2D eigenvalue weighted by molar-refractivity contribution is -0.117. The summed E-state index contributed by atoms with van der Waals surface area (Å²) in [5.74, 6) is 0.932. The Labute approximate surface area is 164 Å². The maximum absolute atomic E-state index is 12.5. The fourth-order valence-corrected chi connectivity index (χ4v) is 3.58. The molecule has 0 aliphatic carbocycles. The van der Waals surface area contributed by atoms with Gasteiger partial charge in [0.05, 0.1) is 5.92 Å². The number of rotatable bonds is 3. The topological polar surface area (TPSA) is 59.2 Å². The molecule has 1 unspecified atom stereocenters. The highest BCUT2D eigenvalue weighted by Crippen LogP contribution is 2.33. The third-order valence-electron chi connectivity index (χ3n) is 4.45. The Morgan fingerprint density at radius 2 is 2.12 bits per heavy atom. The molecule has 2 aromatic carbocycles. The number of hydrogen-bond donors (Lipinski definition) is 0. The number of carbonyl (C=O) groups excluding carboxylic acids is 1. The van der Waals surface area contributed by atoms with Crippen LogP contribution < -0.4 is 4.90 Å².